The van der Waals surface area contributed by atoms with Gasteiger partial charge in [0.05, 0.1) is 16.1 Å². The van der Waals surface area contributed by atoms with E-state index in [4.69, 9.17) is 0 Å². The summed E-state index contributed by atoms with van der Waals surface area (Å²) < 4.78 is 4.55. The van der Waals surface area contributed by atoms with Gasteiger partial charge in [-0.2, -0.15) is 0 Å². The number of aryl methyl sites for hydroxylation is 1. The van der Waals surface area contributed by atoms with Crippen LogP contribution in [-0.4, -0.2) is 16.9 Å². The number of esters is 2. The predicted octanol–water partition coefficient (Wildman–Crippen LogP) is 3.37. The Morgan fingerprint density at radius 1 is 1.09 bits per heavy atom. The Morgan fingerprint density at radius 3 is 2.41 bits per heavy atom. The zero-order valence-corrected chi connectivity index (χ0v) is 12.2. The summed E-state index contributed by atoms with van der Waals surface area (Å²) >= 11 is 1.18. The summed E-state index contributed by atoms with van der Waals surface area (Å²) in [6.45, 7) is 1.94. The van der Waals surface area contributed by atoms with Crippen LogP contribution in [0.15, 0.2) is 46.2 Å². The highest BCUT2D eigenvalue weighted by atomic mass is 32.2. The first-order valence-corrected chi connectivity index (χ1v) is 7.11. The number of rotatable bonds is 3. The van der Waals surface area contributed by atoms with Crippen molar-refractivity contribution in [3.8, 4) is 0 Å². The Kier molecular flexibility index (Phi) is 3.42. The van der Waals surface area contributed by atoms with Gasteiger partial charge in [-0.05, 0) is 19.1 Å². The summed E-state index contributed by atoms with van der Waals surface area (Å²) in [7, 11) is 0. The number of carbonyl (C=O) groups excluding carboxylic acids is 2. The summed E-state index contributed by atoms with van der Waals surface area (Å²) in [5.41, 5.74) is 0.846. The smallest absolute Gasteiger partial charge is 0.348 e. The first-order chi connectivity index (χ1) is 10.5. The Balaban J connectivity index is 2.11. The minimum Gasteiger partial charge on any atom is -0.386 e. The lowest BCUT2D eigenvalue weighted by Gasteiger charge is -2.05. The lowest BCUT2D eigenvalue weighted by molar-refractivity contribution is -0.385. The van der Waals surface area contributed by atoms with E-state index in [0.717, 1.165) is 16.5 Å². The molecule has 7 heteroatoms. The van der Waals surface area contributed by atoms with E-state index in [1.807, 2.05) is 31.2 Å². The van der Waals surface area contributed by atoms with Crippen LogP contribution in [0.25, 0.3) is 0 Å². The summed E-state index contributed by atoms with van der Waals surface area (Å²) in [6.07, 6.45) is 0. The number of hydrogen-bond donors (Lipinski definition) is 0. The highest BCUT2D eigenvalue weighted by Gasteiger charge is 2.35. The molecule has 6 nitrogen and oxygen atoms in total. The molecule has 0 N–H and O–H groups in total. The molecule has 0 bridgehead atoms. The number of nitrogens with zero attached hydrogens (tertiary/aromatic N) is 1. The highest BCUT2D eigenvalue weighted by molar-refractivity contribution is 7.99. The van der Waals surface area contributed by atoms with Gasteiger partial charge in [0, 0.05) is 21.9 Å². The van der Waals surface area contributed by atoms with Crippen LogP contribution in [0, 0.1) is 17.0 Å². The third kappa shape index (κ3) is 2.46. The van der Waals surface area contributed by atoms with Crippen molar-refractivity contribution in [1.82, 2.24) is 0 Å². The molecular formula is C15H9NO5S. The highest BCUT2D eigenvalue weighted by Crippen LogP contribution is 2.38. The van der Waals surface area contributed by atoms with E-state index in [-0.39, 0.29) is 16.8 Å². The van der Waals surface area contributed by atoms with Crippen molar-refractivity contribution in [2.75, 3.05) is 0 Å². The molecule has 2 aromatic rings. The van der Waals surface area contributed by atoms with E-state index in [1.54, 1.807) is 0 Å². The fourth-order valence-electron chi connectivity index (χ4n) is 2.08. The van der Waals surface area contributed by atoms with Crippen molar-refractivity contribution in [2.24, 2.45) is 0 Å². The second kappa shape index (κ2) is 5.27. The summed E-state index contributed by atoms with van der Waals surface area (Å²) in [6, 6.07) is 9.82. The van der Waals surface area contributed by atoms with Crippen LogP contribution in [0.4, 0.5) is 5.69 Å². The van der Waals surface area contributed by atoms with E-state index in [0.29, 0.717) is 4.90 Å². The molecule has 1 heterocycles. The van der Waals surface area contributed by atoms with Gasteiger partial charge in [-0.25, -0.2) is 9.59 Å². The number of benzene rings is 2. The molecular weight excluding hydrogens is 306 g/mol. The van der Waals surface area contributed by atoms with Crippen LogP contribution < -0.4 is 0 Å². The molecule has 1 aliphatic heterocycles. The Bertz CT molecular complexity index is 813. The molecule has 0 saturated heterocycles. The monoisotopic (exact) mass is 315 g/mol. The maximum Gasteiger partial charge on any atom is 0.348 e. The quantitative estimate of drug-likeness (QED) is 0.373. The number of hydrogen-bond acceptors (Lipinski definition) is 6. The van der Waals surface area contributed by atoms with Crippen LogP contribution in [-0.2, 0) is 4.74 Å². The molecule has 22 heavy (non-hydrogen) atoms. The maximum atomic E-state index is 11.8. The van der Waals surface area contributed by atoms with Crippen LogP contribution in [0.5, 0.6) is 0 Å². The first kappa shape index (κ1) is 14.3. The van der Waals surface area contributed by atoms with Gasteiger partial charge < -0.3 is 4.74 Å². The number of ether oxygens (including phenoxy) is 1. The first-order valence-electron chi connectivity index (χ1n) is 6.29. The van der Waals surface area contributed by atoms with Gasteiger partial charge in [0.2, 0.25) is 0 Å². The minimum atomic E-state index is -0.852. The van der Waals surface area contributed by atoms with Gasteiger partial charge in [0.15, 0.2) is 0 Å². The van der Waals surface area contributed by atoms with Crippen molar-refractivity contribution in [3.05, 3.63) is 63.2 Å². The zero-order valence-electron chi connectivity index (χ0n) is 11.4. The van der Waals surface area contributed by atoms with Crippen molar-refractivity contribution in [1.29, 1.82) is 0 Å². The molecule has 0 saturated carbocycles. The fourth-order valence-corrected chi connectivity index (χ4v) is 3.08. The molecule has 0 unspecified atom stereocenters. The Labute approximate surface area is 129 Å². The van der Waals surface area contributed by atoms with E-state index in [9.17, 15) is 19.7 Å². The molecule has 1 aliphatic rings. The summed E-state index contributed by atoms with van der Waals surface area (Å²) in [5, 5.41) is 11.0. The molecule has 0 aliphatic carbocycles. The standard InChI is InChI=1S/C15H9NO5S/c1-8-2-4-10(5-3-8)22-12-7-9(16(19)20)6-11-13(12)15(18)21-14(11)17/h2-7H,1H3. The van der Waals surface area contributed by atoms with Crippen LogP contribution >= 0.6 is 11.8 Å². The largest absolute Gasteiger partial charge is 0.386 e. The lowest BCUT2D eigenvalue weighted by Crippen LogP contribution is -1.98. The van der Waals surface area contributed by atoms with E-state index in [2.05, 4.69) is 4.74 Å². The molecule has 0 aromatic heterocycles. The molecule has 0 fully saturated rings. The maximum absolute atomic E-state index is 11.8. The van der Waals surface area contributed by atoms with Gasteiger partial charge in [-0.1, -0.05) is 29.5 Å². The molecule has 0 radical (unpaired) electrons. The second-order valence-electron chi connectivity index (χ2n) is 4.72. The molecule has 0 amide bonds. The third-order valence-electron chi connectivity index (χ3n) is 3.16. The van der Waals surface area contributed by atoms with Crippen LogP contribution in [0.3, 0.4) is 0 Å². The van der Waals surface area contributed by atoms with Gasteiger partial charge in [-0.3, -0.25) is 10.1 Å². The van der Waals surface area contributed by atoms with Crippen LogP contribution in [0.1, 0.15) is 26.3 Å². The van der Waals surface area contributed by atoms with E-state index >= 15 is 0 Å². The number of carbonyl (C=O) groups is 2. The molecule has 2 aromatic carbocycles. The number of fused-ring (bicyclic) bond motifs is 1. The van der Waals surface area contributed by atoms with E-state index in [1.165, 1.54) is 17.8 Å². The number of nitro groups is 1. The van der Waals surface area contributed by atoms with Crippen LogP contribution in [0.2, 0.25) is 0 Å². The topological polar surface area (TPSA) is 86.5 Å². The minimum absolute atomic E-state index is 0.0613. The average Bonchev–Trinajstić information content (AvgIpc) is 2.76. The summed E-state index contributed by atoms with van der Waals surface area (Å²) in [5.74, 6) is -1.63. The Hall–Kier alpha value is -2.67. The molecule has 0 atom stereocenters. The molecule has 110 valence electrons. The number of cyclic esters (lactones) is 2. The predicted molar refractivity (Wildman–Crippen MR) is 78.1 cm³/mol. The molecule has 0 spiro atoms. The van der Waals surface area contributed by atoms with Gasteiger partial charge in [-0.15, -0.1) is 0 Å². The van der Waals surface area contributed by atoms with Crippen molar-refractivity contribution < 1.29 is 19.2 Å². The van der Waals surface area contributed by atoms with Crippen molar-refractivity contribution in [3.63, 3.8) is 0 Å². The lowest BCUT2D eigenvalue weighted by atomic mass is 10.1. The van der Waals surface area contributed by atoms with Crippen molar-refractivity contribution in [2.45, 2.75) is 16.7 Å². The van der Waals surface area contributed by atoms with Gasteiger partial charge in [0.1, 0.15) is 0 Å². The van der Waals surface area contributed by atoms with Crippen molar-refractivity contribution >= 4 is 29.4 Å². The van der Waals surface area contributed by atoms with Gasteiger partial charge in [0.25, 0.3) is 5.69 Å². The summed E-state index contributed by atoms with van der Waals surface area (Å²) in [4.78, 5) is 35.0. The second-order valence-corrected chi connectivity index (χ2v) is 5.83. The SMILES string of the molecule is Cc1ccc(Sc2cc([N+](=O)[O-])cc3c2C(=O)OC3=O)cc1. The molecule has 3 rings (SSSR count). The Morgan fingerprint density at radius 2 is 1.77 bits per heavy atom. The zero-order chi connectivity index (χ0) is 15.9. The average molecular weight is 315 g/mol. The number of nitro benzene ring substituents is 1. The van der Waals surface area contributed by atoms with Gasteiger partial charge >= 0.3 is 11.9 Å². The van der Waals surface area contributed by atoms with E-state index < -0.39 is 16.9 Å². The third-order valence-corrected chi connectivity index (χ3v) is 4.21. The number of non-ortho nitro benzene ring substituents is 1. The fraction of sp³-hybridized carbons (Fsp3) is 0.0667. The normalized spacial score (nSPS) is 13.0.